The lowest BCUT2D eigenvalue weighted by Gasteiger charge is -2.16. The zero-order valence-electron chi connectivity index (χ0n) is 11.6. The van der Waals surface area contributed by atoms with Gasteiger partial charge in [-0.15, -0.1) is 0 Å². The highest BCUT2D eigenvalue weighted by Crippen LogP contribution is 2.36. The lowest BCUT2D eigenvalue weighted by Crippen LogP contribution is -2.29. The first-order chi connectivity index (χ1) is 9.06. The second-order valence-electron chi connectivity index (χ2n) is 5.88. The number of amides is 1. The molecule has 0 saturated carbocycles. The van der Waals surface area contributed by atoms with Crippen molar-refractivity contribution in [1.82, 2.24) is 10.2 Å². The highest BCUT2D eigenvalue weighted by Gasteiger charge is 2.36. The highest BCUT2D eigenvalue weighted by molar-refractivity contribution is 5.97. The van der Waals surface area contributed by atoms with E-state index in [1.807, 2.05) is 13.0 Å². The topological polar surface area (TPSA) is 32.3 Å². The summed E-state index contributed by atoms with van der Waals surface area (Å²) >= 11 is 0. The number of rotatable bonds is 1. The van der Waals surface area contributed by atoms with E-state index < -0.39 is 0 Å². The van der Waals surface area contributed by atoms with Gasteiger partial charge >= 0.3 is 0 Å². The van der Waals surface area contributed by atoms with Crippen molar-refractivity contribution < 1.29 is 4.79 Å². The quantitative estimate of drug-likeness (QED) is 0.834. The molecule has 3 nitrogen and oxygen atoms in total. The van der Waals surface area contributed by atoms with Gasteiger partial charge in [-0.3, -0.25) is 4.79 Å². The summed E-state index contributed by atoms with van der Waals surface area (Å²) in [7, 11) is 2.15. The molecule has 1 aromatic carbocycles. The maximum absolute atomic E-state index is 12.2. The molecule has 0 aliphatic carbocycles. The predicted molar refractivity (Wildman–Crippen MR) is 77.2 cm³/mol. The molecule has 0 radical (unpaired) electrons. The van der Waals surface area contributed by atoms with Crippen molar-refractivity contribution in [3.05, 3.63) is 41.5 Å². The SMILES string of the molecule is C=C(C)c1ccc2c(c1)C(=O)NC[C@H]1CN(C)C[C@H]21. The zero-order valence-corrected chi connectivity index (χ0v) is 11.6. The number of likely N-dealkylation sites (N-methyl/N-ethyl adjacent to an activating group) is 1. The van der Waals surface area contributed by atoms with Gasteiger partial charge in [-0.1, -0.05) is 24.3 Å². The molecule has 1 fully saturated rings. The van der Waals surface area contributed by atoms with Crippen LogP contribution in [0.1, 0.15) is 34.3 Å². The van der Waals surface area contributed by atoms with Crippen molar-refractivity contribution >= 4 is 11.5 Å². The third-order valence-corrected chi connectivity index (χ3v) is 4.34. The monoisotopic (exact) mass is 256 g/mol. The first-order valence-corrected chi connectivity index (χ1v) is 6.83. The van der Waals surface area contributed by atoms with Gasteiger partial charge in [-0.2, -0.15) is 0 Å². The number of carbonyl (C=O) groups excluding carboxylic acids is 1. The van der Waals surface area contributed by atoms with Gasteiger partial charge in [0.1, 0.15) is 0 Å². The van der Waals surface area contributed by atoms with Crippen LogP contribution in [-0.4, -0.2) is 37.5 Å². The van der Waals surface area contributed by atoms with Gasteiger partial charge in [0, 0.05) is 31.1 Å². The third kappa shape index (κ3) is 2.08. The third-order valence-electron chi connectivity index (χ3n) is 4.34. The van der Waals surface area contributed by atoms with Gasteiger partial charge in [-0.05, 0) is 37.1 Å². The average Bonchev–Trinajstić information content (AvgIpc) is 2.70. The second kappa shape index (κ2) is 4.49. The molecular weight excluding hydrogens is 236 g/mol. The summed E-state index contributed by atoms with van der Waals surface area (Å²) in [5, 5.41) is 3.06. The Hall–Kier alpha value is -1.61. The fraction of sp³-hybridized carbons (Fsp3) is 0.438. The minimum absolute atomic E-state index is 0.0650. The number of likely N-dealkylation sites (tertiary alicyclic amines) is 1. The smallest absolute Gasteiger partial charge is 0.251 e. The number of hydrogen-bond donors (Lipinski definition) is 1. The van der Waals surface area contributed by atoms with E-state index in [0.29, 0.717) is 11.8 Å². The van der Waals surface area contributed by atoms with Gasteiger partial charge in [-0.25, -0.2) is 0 Å². The van der Waals surface area contributed by atoms with E-state index in [1.54, 1.807) is 0 Å². The van der Waals surface area contributed by atoms with Crippen LogP contribution in [0.3, 0.4) is 0 Å². The minimum atomic E-state index is 0.0650. The lowest BCUT2D eigenvalue weighted by atomic mass is 9.86. The normalized spacial score (nSPS) is 26.3. The first-order valence-electron chi connectivity index (χ1n) is 6.83. The Morgan fingerprint density at radius 1 is 1.42 bits per heavy atom. The van der Waals surface area contributed by atoms with E-state index in [1.165, 1.54) is 5.56 Å². The summed E-state index contributed by atoms with van der Waals surface area (Å²) < 4.78 is 0. The number of fused-ring (bicyclic) bond motifs is 3. The Morgan fingerprint density at radius 2 is 2.21 bits per heavy atom. The largest absolute Gasteiger partial charge is 0.352 e. The van der Waals surface area contributed by atoms with E-state index in [4.69, 9.17) is 0 Å². The van der Waals surface area contributed by atoms with Crippen LogP contribution in [0.4, 0.5) is 0 Å². The van der Waals surface area contributed by atoms with E-state index in [-0.39, 0.29) is 5.91 Å². The first kappa shape index (κ1) is 12.4. The number of hydrogen-bond acceptors (Lipinski definition) is 2. The van der Waals surface area contributed by atoms with Crippen LogP contribution in [0.15, 0.2) is 24.8 Å². The predicted octanol–water partition coefficient (Wildman–Crippen LogP) is 2.11. The summed E-state index contributed by atoms with van der Waals surface area (Å²) in [5.41, 5.74) is 4.09. The molecule has 3 heteroatoms. The summed E-state index contributed by atoms with van der Waals surface area (Å²) in [6, 6.07) is 6.21. The Balaban J connectivity index is 2.08. The van der Waals surface area contributed by atoms with Crippen LogP contribution < -0.4 is 5.32 Å². The molecule has 0 aromatic heterocycles. The number of benzene rings is 1. The molecule has 1 saturated heterocycles. The minimum Gasteiger partial charge on any atom is -0.352 e. The van der Waals surface area contributed by atoms with Crippen molar-refractivity contribution in [3.8, 4) is 0 Å². The van der Waals surface area contributed by atoms with Gasteiger partial charge in [0.15, 0.2) is 0 Å². The maximum atomic E-state index is 12.2. The summed E-state index contributed by atoms with van der Waals surface area (Å²) in [6.45, 7) is 8.82. The van der Waals surface area contributed by atoms with Crippen molar-refractivity contribution in [1.29, 1.82) is 0 Å². The molecule has 0 bridgehead atoms. The van der Waals surface area contributed by atoms with Gasteiger partial charge in [0.25, 0.3) is 5.91 Å². The summed E-state index contributed by atoms with van der Waals surface area (Å²) in [4.78, 5) is 14.6. The average molecular weight is 256 g/mol. The molecule has 2 aliphatic rings. The van der Waals surface area contributed by atoms with Crippen LogP contribution in [0.25, 0.3) is 5.57 Å². The zero-order chi connectivity index (χ0) is 13.6. The molecule has 0 spiro atoms. The molecule has 100 valence electrons. The molecule has 0 unspecified atom stereocenters. The van der Waals surface area contributed by atoms with E-state index in [2.05, 4.69) is 36.0 Å². The van der Waals surface area contributed by atoms with Gasteiger partial charge in [0.05, 0.1) is 0 Å². The van der Waals surface area contributed by atoms with Crippen molar-refractivity contribution in [2.45, 2.75) is 12.8 Å². The Bertz CT molecular complexity index is 550. The van der Waals surface area contributed by atoms with E-state index >= 15 is 0 Å². The molecule has 3 rings (SSSR count). The number of allylic oxidation sites excluding steroid dienone is 1. The summed E-state index contributed by atoms with van der Waals surface area (Å²) in [6.07, 6.45) is 0. The van der Waals surface area contributed by atoms with Crippen LogP contribution in [0, 0.1) is 5.92 Å². The van der Waals surface area contributed by atoms with Gasteiger partial charge < -0.3 is 10.2 Å². The number of nitrogens with one attached hydrogen (secondary N) is 1. The number of nitrogens with zero attached hydrogens (tertiary/aromatic N) is 1. The molecule has 1 N–H and O–H groups in total. The molecule has 1 aromatic rings. The van der Waals surface area contributed by atoms with Crippen molar-refractivity contribution in [2.75, 3.05) is 26.7 Å². The fourth-order valence-electron chi connectivity index (χ4n) is 3.31. The number of carbonyl (C=O) groups is 1. The molecular formula is C16H20N2O. The molecule has 19 heavy (non-hydrogen) atoms. The standard InChI is InChI=1S/C16H20N2O/c1-10(2)11-4-5-13-14(6-11)16(19)17-7-12-8-18(3)9-15(12)13/h4-6,12,15H,1,7-9H2,2-3H3,(H,17,19)/t12-,15-/m0/s1. The molecule has 2 atom stereocenters. The maximum Gasteiger partial charge on any atom is 0.251 e. The molecule has 2 aliphatic heterocycles. The highest BCUT2D eigenvalue weighted by atomic mass is 16.1. The van der Waals surface area contributed by atoms with Crippen molar-refractivity contribution in [2.24, 2.45) is 5.92 Å². The van der Waals surface area contributed by atoms with Crippen LogP contribution in [-0.2, 0) is 0 Å². The van der Waals surface area contributed by atoms with Crippen LogP contribution in [0.2, 0.25) is 0 Å². The fourth-order valence-corrected chi connectivity index (χ4v) is 3.31. The summed E-state index contributed by atoms with van der Waals surface area (Å²) in [5.74, 6) is 1.07. The van der Waals surface area contributed by atoms with E-state index in [9.17, 15) is 4.79 Å². The lowest BCUT2D eigenvalue weighted by molar-refractivity contribution is 0.0951. The van der Waals surface area contributed by atoms with E-state index in [0.717, 1.165) is 36.3 Å². The second-order valence-corrected chi connectivity index (χ2v) is 5.88. The molecule has 1 amide bonds. The van der Waals surface area contributed by atoms with Crippen LogP contribution in [0.5, 0.6) is 0 Å². The molecule has 2 heterocycles. The van der Waals surface area contributed by atoms with Gasteiger partial charge in [0.2, 0.25) is 0 Å². The van der Waals surface area contributed by atoms with Crippen molar-refractivity contribution in [3.63, 3.8) is 0 Å². The Kier molecular flexibility index (Phi) is 2.94. The van der Waals surface area contributed by atoms with Crippen LogP contribution >= 0.6 is 0 Å². The Labute approximate surface area is 114 Å². The Morgan fingerprint density at radius 3 is 2.95 bits per heavy atom.